The number of amides is 1. The van der Waals surface area contributed by atoms with Gasteiger partial charge >= 0.3 is 0 Å². The predicted molar refractivity (Wildman–Crippen MR) is 84.7 cm³/mol. The predicted octanol–water partition coefficient (Wildman–Crippen LogP) is 3.45. The summed E-state index contributed by atoms with van der Waals surface area (Å²) in [6, 6.07) is 13.8. The molecular weight excluding hydrogens is 286 g/mol. The maximum absolute atomic E-state index is 11.8. The van der Waals surface area contributed by atoms with Crippen LogP contribution in [-0.2, 0) is 4.79 Å². The molecule has 2 rings (SSSR count). The van der Waals surface area contributed by atoms with Crippen molar-refractivity contribution in [1.29, 1.82) is 5.26 Å². The molecule has 104 valence electrons. The number of rotatable bonds is 3. The second kappa shape index (κ2) is 6.60. The molecular formula is C16H12ClN3O. The lowest BCUT2D eigenvalue weighted by Crippen LogP contribution is -2.08. The van der Waals surface area contributed by atoms with Gasteiger partial charge in [0.2, 0.25) is 5.91 Å². The first-order valence-electron chi connectivity index (χ1n) is 6.13. The topological polar surface area (TPSA) is 78.9 Å². The van der Waals surface area contributed by atoms with Crippen molar-refractivity contribution in [3.63, 3.8) is 0 Å². The molecule has 0 spiro atoms. The molecule has 0 saturated heterocycles. The standard InChI is InChI=1S/C16H12ClN3O/c17-14-7-3-12(10-18)9-15(14)20-16(21)8-4-11-1-5-13(19)6-2-11/h1-9H,19H2,(H,20,21)/b8-4+. The van der Waals surface area contributed by atoms with E-state index in [-0.39, 0.29) is 5.91 Å². The molecule has 1 amide bonds. The summed E-state index contributed by atoms with van der Waals surface area (Å²) < 4.78 is 0. The van der Waals surface area contributed by atoms with Gasteiger partial charge in [-0.15, -0.1) is 0 Å². The van der Waals surface area contributed by atoms with E-state index in [4.69, 9.17) is 22.6 Å². The smallest absolute Gasteiger partial charge is 0.248 e. The lowest BCUT2D eigenvalue weighted by molar-refractivity contribution is -0.111. The molecule has 0 bridgehead atoms. The van der Waals surface area contributed by atoms with Crippen LogP contribution in [0.15, 0.2) is 48.5 Å². The first kappa shape index (κ1) is 14.6. The van der Waals surface area contributed by atoms with E-state index in [1.54, 1.807) is 30.3 Å². The molecule has 0 aliphatic rings. The lowest BCUT2D eigenvalue weighted by Gasteiger charge is -2.05. The Morgan fingerprint density at radius 1 is 1.24 bits per heavy atom. The van der Waals surface area contributed by atoms with Crippen molar-refractivity contribution in [3.05, 3.63) is 64.7 Å². The van der Waals surface area contributed by atoms with E-state index < -0.39 is 0 Å². The number of nitrogens with zero attached hydrogens (tertiary/aromatic N) is 1. The Morgan fingerprint density at radius 3 is 2.62 bits per heavy atom. The van der Waals surface area contributed by atoms with Crippen LogP contribution >= 0.6 is 11.6 Å². The Bertz CT molecular complexity index is 730. The van der Waals surface area contributed by atoms with E-state index in [0.29, 0.717) is 22.0 Å². The fourth-order valence-electron chi connectivity index (χ4n) is 1.64. The second-order valence-corrected chi connectivity index (χ2v) is 4.70. The molecule has 2 aromatic carbocycles. The summed E-state index contributed by atoms with van der Waals surface area (Å²) in [5.74, 6) is -0.330. The van der Waals surface area contributed by atoms with Crippen LogP contribution in [0.25, 0.3) is 6.08 Å². The van der Waals surface area contributed by atoms with Crippen LogP contribution < -0.4 is 11.1 Å². The minimum absolute atomic E-state index is 0.330. The van der Waals surface area contributed by atoms with Crippen molar-refractivity contribution in [3.8, 4) is 6.07 Å². The third kappa shape index (κ3) is 4.10. The van der Waals surface area contributed by atoms with Crippen LogP contribution in [0.5, 0.6) is 0 Å². The first-order chi connectivity index (χ1) is 10.1. The first-order valence-corrected chi connectivity index (χ1v) is 6.50. The molecule has 0 aromatic heterocycles. The minimum Gasteiger partial charge on any atom is -0.399 e. The SMILES string of the molecule is N#Cc1ccc(Cl)c(NC(=O)/C=C/c2ccc(N)cc2)c1. The van der Waals surface area contributed by atoms with E-state index in [1.165, 1.54) is 12.1 Å². The number of carbonyl (C=O) groups excluding carboxylic acids is 1. The van der Waals surface area contributed by atoms with Crippen molar-refractivity contribution in [2.24, 2.45) is 0 Å². The van der Waals surface area contributed by atoms with Gasteiger partial charge in [0.05, 0.1) is 22.3 Å². The number of benzene rings is 2. The molecule has 0 atom stereocenters. The maximum Gasteiger partial charge on any atom is 0.248 e. The average molecular weight is 298 g/mol. The normalized spacial score (nSPS) is 10.3. The van der Waals surface area contributed by atoms with Crippen LogP contribution in [0.2, 0.25) is 5.02 Å². The van der Waals surface area contributed by atoms with Crippen LogP contribution in [0, 0.1) is 11.3 Å². The largest absolute Gasteiger partial charge is 0.399 e. The molecule has 4 nitrogen and oxygen atoms in total. The second-order valence-electron chi connectivity index (χ2n) is 4.30. The van der Waals surface area contributed by atoms with Crippen molar-refractivity contribution in [2.75, 3.05) is 11.1 Å². The van der Waals surface area contributed by atoms with Gasteiger partial charge < -0.3 is 11.1 Å². The average Bonchev–Trinajstić information content (AvgIpc) is 2.49. The van der Waals surface area contributed by atoms with Crippen LogP contribution in [-0.4, -0.2) is 5.91 Å². The monoisotopic (exact) mass is 297 g/mol. The molecule has 0 aliphatic carbocycles. The molecule has 0 aliphatic heterocycles. The van der Waals surface area contributed by atoms with Gasteiger partial charge in [0.25, 0.3) is 0 Å². The maximum atomic E-state index is 11.8. The zero-order valence-electron chi connectivity index (χ0n) is 11.0. The van der Waals surface area contributed by atoms with E-state index >= 15 is 0 Å². The van der Waals surface area contributed by atoms with E-state index in [1.807, 2.05) is 18.2 Å². The number of nitrogens with two attached hydrogens (primary N) is 1. The summed E-state index contributed by atoms with van der Waals surface area (Å²) in [5.41, 5.74) is 7.94. The highest BCUT2D eigenvalue weighted by molar-refractivity contribution is 6.33. The minimum atomic E-state index is -0.330. The van der Waals surface area contributed by atoms with Crippen LogP contribution in [0.4, 0.5) is 11.4 Å². The molecule has 0 saturated carbocycles. The zero-order valence-corrected chi connectivity index (χ0v) is 11.8. The van der Waals surface area contributed by atoms with Gasteiger partial charge in [0.15, 0.2) is 0 Å². The Hall–Kier alpha value is -2.77. The van der Waals surface area contributed by atoms with Crippen LogP contribution in [0.3, 0.4) is 0 Å². The number of anilines is 2. The molecule has 0 radical (unpaired) electrons. The summed E-state index contributed by atoms with van der Waals surface area (Å²) >= 11 is 5.97. The number of hydrogen-bond donors (Lipinski definition) is 2. The number of nitrogen functional groups attached to an aromatic ring is 1. The molecule has 0 heterocycles. The summed E-state index contributed by atoms with van der Waals surface area (Å²) in [6.07, 6.45) is 3.05. The zero-order chi connectivity index (χ0) is 15.2. The van der Waals surface area contributed by atoms with Gasteiger partial charge in [-0.25, -0.2) is 0 Å². The van der Waals surface area contributed by atoms with Crippen molar-refractivity contribution in [1.82, 2.24) is 0 Å². The Labute approximate surface area is 127 Å². The summed E-state index contributed by atoms with van der Waals surface area (Å²) in [5, 5.41) is 11.8. The van der Waals surface area contributed by atoms with Gasteiger partial charge in [0, 0.05) is 11.8 Å². The molecule has 0 fully saturated rings. The molecule has 0 unspecified atom stereocenters. The van der Waals surface area contributed by atoms with Gasteiger partial charge in [-0.2, -0.15) is 5.26 Å². The summed E-state index contributed by atoms with van der Waals surface area (Å²) in [7, 11) is 0. The Kier molecular flexibility index (Phi) is 4.60. The van der Waals surface area contributed by atoms with E-state index in [9.17, 15) is 4.79 Å². The number of hydrogen-bond acceptors (Lipinski definition) is 3. The molecule has 21 heavy (non-hydrogen) atoms. The third-order valence-electron chi connectivity index (χ3n) is 2.72. The van der Waals surface area contributed by atoms with Crippen molar-refractivity contribution < 1.29 is 4.79 Å². The fraction of sp³-hybridized carbons (Fsp3) is 0. The van der Waals surface area contributed by atoms with Gasteiger partial charge in [-0.1, -0.05) is 23.7 Å². The number of nitriles is 1. The van der Waals surface area contributed by atoms with E-state index in [2.05, 4.69) is 5.32 Å². The van der Waals surface area contributed by atoms with Gasteiger partial charge in [-0.3, -0.25) is 4.79 Å². The number of carbonyl (C=O) groups is 1. The van der Waals surface area contributed by atoms with E-state index in [0.717, 1.165) is 5.56 Å². The highest BCUT2D eigenvalue weighted by Crippen LogP contribution is 2.22. The Morgan fingerprint density at radius 2 is 1.95 bits per heavy atom. The summed E-state index contributed by atoms with van der Waals surface area (Å²) in [4.78, 5) is 11.8. The van der Waals surface area contributed by atoms with Crippen LogP contribution in [0.1, 0.15) is 11.1 Å². The lowest BCUT2D eigenvalue weighted by atomic mass is 10.2. The molecule has 5 heteroatoms. The fourth-order valence-corrected chi connectivity index (χ4v) is 1.81. The third-order valence-corrected chi connectivity index (χ3v) is 3.05. The van der Waals surface area contributed by atoms with Crippen molar-refractivity contribution in [2.45, 2.75) is 0 Å². The Balaban J connectivity index is 2.08. The molecule has 2 aromatic rings. The van der Waals surface area contributed by atoms with Crippen molar-refractivity contribution >= 4 is 35.0 Å². The highest BCUT2D eigenvalue weighted by Gasteiger charge is 2.04. The molecule has 3 N–H and O–H groups in total. The highest BCUT2D eigenvalue weighted by atomic mass is 35.5. The number of halogens is 1. The number of nitrogens with one attached hydrogen (secondary N) is 1. The summed E-state index contributed by atoms with van der Waals surface area (Å²) in [6.45, 7) is 0. The van der Waals surface area contributed by atoms with Gasteiger partial charge in [-0.05, 0) is 42.0 Å². The quantitative estimate of drug-likeness (QED) is 0.673. The van der Waals surface area contributed by atoms with Gasteiger partial charge in [0.1, 0.15) is 0 Å².